The number of ether oxygens (including phenoxy) is 1. The molecule has 0 unspecified atom stereocenters. The third-order valence-electron chi connectivity index (χ3n) is 5.28. The molecule has 0 saturated heterocycles. The van der Waals surface area contributed by atoms with Crippen molar-refractivity contribution in [3.05, 3.63) is 70.9 Å². The normalized spacial score (nSPS) is 13.4. The average Bonchev–Trinajstić information content (AvgIpc) is 3.61. The number of benzene rings is 2. The number of para-hydroxylation sites is 1. The van der Waals surface area contributed by atoms with E-state index in [1.807, 2.05) is 60.7 Å². The molecule has 0 aliphatic heterocycles. The predicted molar refractivity (Wildman–Crippen MR) is 124 cm³/mol. The molecular formula is C24H21N3O2S. The van der Waals surface area contributed by atoms with Crippen molar-refractivity contribution < 1.29 is 4.74 Å². The number of methoxy groups -OCH3 is 1. The van der Waals surface area contributed by atoms with Crippen LogP contribution in [0.25, 0.3) is 32.6 Å². The number of hydrogen-bond acceptors (Lipinski definition) is 6. The lowest BCUT2D eigenvalue weighted by Crippen LogP contribution is -2.14. The Balaban J connectivity index is 1.84. The molecule has 0 radical (unpaired) electrons. The van der Waals surface area contributed by atoms with Crippen LogP contribution in [-0.2, 0) is 0 Å². The van der Waals surface area contributed by atoms with Gasteiger partial charge in [0.15, 0.2) is 0 Å². The van der Waals surface area contributed by atoms with Crippen LogP contribution in [0.5, 0.6) is 5.75 Å². The highest BCUT2D eigenvalue weighted by Gasteiger charge is 2.25. The Morgan fingerprint density at radius 2 is 1.80 bits per heavy atom. The number of nitrogens with two attached hydrogens (primary N) is 1. The van der Waals surface area contributed by atoms with Crippen molar-refractivity contribution in [2.24, 2.45) is 0 Å². The quantitative estimate of drug-likeness (QED) is 0.471. The maximum atomic E-state index is 13.4. The fourth-order valence-electron chi connectivity index (χ4n) is 3.56. The van der Waals surface area contributed by atoms with E-state index >= 15 is 0 Å². The van der Waals surface area contributed by atoms with Gasteiger partial charge in [-0.1, -0.05) is 59.9 Å². The minimum Gasteiger partial charge on any atom is -0.496 e. The first kappa shape index (κ1) is 18.6. The smallest absolute Gasteiger partial charge is 0.215 e. The maximum absolute atomic E-state index is 13.4. The van der Waals surface area contributed by atoms with Crippen molar-refractivity contribution in [2.75, 3.05) is 18.2 Å². The van der Waals surface area contributed by atoms with Crippen LogP contribution in [0.3, 0.4) is 0 Å². The Labute approximate surface area is 178 Å². The van der Waals surface area contributed by atoms with Gasteiger partial charge in [-0.3, -0.25) is 4.79 Å². The van der Waals surface area contributed by atoms with Crippen molar-refractivity contribution in [1.82, 2.24) is 4.98 Å². The summed E-state index contributed by atoms with van der Waals surface area (Å²) in [5, 5.41) is 4.62. The summed E-state index contributed by atoms with van der Waals surface area (Å²) in [4.78, 5) is 18.9. The topological polar surface area (TPSA) is 77.2 Å². The molecule has 1 aliphatic rings. The Morgan fingerprint density at radius 1 is 1.07 bits per heavy atom. The van der Waals surface area contributed by atoms with Crippen molar-refractivity contribution >= 4 is 32.2 Å². The minimum absolute atomic E-state index is 0.195. The summed E-state index contributed by atoms with van der Waals surface area (Å²) in [5.74, 6) is 0.701. The monoisotopic (exact) mass is 415 g/mol. The van der Waals surface area contributed by atoms with E-state index in [1.54, 1.807) is 7.11 Å². The summed E-state index contributed by atoms with van der Waals surface area (Å²) in [6.45, 7) is 0. The van der Waals surface area contributed by atoms with Crippen LogP contribution in [0.2, 0.25) is 0 Å². The fraction of sp³-hybridized carbons (Fsp3) is 0.167. The Bertz CT molecular complexity index is 1300. The Kier molecular flexibility index (Phi) is 4.64. The summed E-state index contributed by atoms with van der Waals surface area (Å²) in [6, 6.07) is 20.0. The van der Waals surface area contributed by atoms with Crippen LogP contribution < -0.4 is 21.2 Å². The molecule has 2 aromatic carbocycles. The highest BCUT2D eigenvalue weighted by molar-refractivity contribution is 7.22. The van der Waals surface area contributed by atoms with Crippen LogP contribution in [0, 0.1) is 0 Å². The SMILES string of the molecule is COc1ccccc1-c1cc(-c2ccccc2)nc2sc(NC3CC3)c(N)c(=O)c12. The number of rotatable bonds is 5. The number of nitrogen functional groups attached to an aromatic ring is 1. The molecule has 2 heterocycles. The Hall–Kier alpha value is -3.38. The number of aromatic nitrogens is 1. The van der Waals surface area contributed by atoms with E-state index in [0.717, 1.165) is 35.2 Å². The van der Waals surface area contributed by atoms with Gasteiger partial charge in [-0.15, -0.1) is 0 Å². The van der Waals surface area contributed by atoms with Gasteiger partial charge in [0.2, 0.25) is 5.43 Å². The molecule has 4 aromatic rings. The lowest BCUT2D eigenvalue weighted by atomic mass is 9.99. The molecule has 0 spiro atoms. The van der Waals surface area contributed by atoms with Gasteiger partial charge in [0.05, 0.1) is 18.2 Å². The molecule has 0 atom stereocenters. The molecule has 2 aromatic heterocycles. The van der Waals surface area contributed by atoms with Gasteiger partial charge in [-0.05, 0) is 25.0 Å². The first-order valence-electron chi connectivity index (χ1n) is 9.88. The van der Waals surface area contributed by atoms with Gasteiger partial charge in [0.1, 0.15) is 21.3 Å². The van der Waals surface area contributed by atoms with Gasteiger partial charge < -0.3 is 15.8 Å². The molecule has 1 saturated carbocycles. The van der Waals surface area contributed by atoms with Crippen LogP contribution >= 0.6 is 11.3 Å². The van der Waals surface area contributed by atoms with Crippen LogP contribution in [-0.4, -0.2) is 18.1 Å². The number of nitrogens with zero attached hydrogens (tertiary/aromatic N) is 1. The number of fused-ring (bicyclic) bond motifs is 1. The standard InChI is InChI=1S/C24H21N3O2S/c1-29-19-10-6-5-9-16(19)17-13-18(14-7-3-2-4-8-14)27-23-20(17)22(28)21(25)24(30-23)26-15-11-12-15/h2-10,13,15,26H,11-12,25H2,1H3. The predicted octanol–water partition coefficient (Wildman–Crippen LogP) is 5.16. The van der Waals surface area contributed by atoms with E-state index in [-0.39, 0.29) is 11.1 Å². The van der Waals surface area contributed by atoms with Gasteiger partial charge in [-0.2, -0.15) is 0 Å². The second-order valence-electron chi connectivity index (χ2n) is 7.39. The zero-order chi connectivity index (χ0) is 20.7. The molecule has 5 nitrogen and oxygen atoms in total. The molecule has 150 valence electrons. The molecule has 1 aliphatic carbocycles. The second kappa shape index (κ2) is 7.46. The van der Waals surface area contributed by atoms with E-state index in [0.29, 0.717) is 27.0 Å². The highest BCUT2D eigenvalue weighted by atomic mass is 32.1. The summed E-state index contributed by atoms with van der Waals surface area (Å²) < 4.78 is 5.59. The molecule has 1 fully saturated rings. The molecule has 3 N–H and O–H groups in total. The third kappa shape index (κ3) is 3.29. The van der Waals surface area contributed by atoms with Gasteiger partial charge in [0, 0.05) is 22.7 Å². The minimum atomic E-state index is -0.195. The van der Waals surface area contributed by atoms with Crippen LogP contribution in [0.1, 0.15) is 12.8 Å². The van der Waals surface area contributed by atoms with Crippen LogP contribution in [0.15, 0.2) is 65.5 Å². The van der Waals surface area contributed by atoms with Gasteiger partial charge in [0.25, 0.3) is 0 Å². The molecule has 5 rings (SSSR count). The average molecular weight is 416 g/mol. The van der Waals surface area contributed by atoms with E-state index in [2.05, 4.69) is 5.32 Å². The van der Waals surface area contributed by atoms with E-state index in [9.17, 15) is 4.79 Å². The summed E-state index contributed by atoms with van der Waals surface area (Å²) in [6.07, 6.45) is 2.20. The number of hydrogen-bond donors (Lipinski definition) is 2. The number of anilines is 2. The third-order valence-corrected chi connectivity index (χ3v) is 6.31. The maximum Gasteiger partial charge on any atom is 0.215 e. The summed E-state index contributed by atoms with van der Waals surface area (Å²) >= 11 is 1.44. The largest absolute Gasteiger partial charge is 0.496 e. The van der Waals surface area contributed by atoms with E-state index < -0.39 is 0 Å². The summed E-state index contributed by atoms with van der Waals surface area (Å²) in [7, 11) is 1.63. The van der Waals surface area contributed by atoms with Gasteiger partial charge in [-0.25, -0.2) is 4.98 Å². The van der Waals surface area contributed by atoms with Crippen molar-refractivity contribution in [3.63, 3.8) is 0 Å². The first-order valence-corrected chi connectivity index (χ1v) is 10.7. The van der Waals surface area contributed by atoms with Gasteiger partial charge >= 0.3 is 0 Å². The number of nitrogens with one attached hydrogen (secondary N) is 1. The second-order valence-corrected chi connectivity index (χ2v) is 8.39. The lowest BCUT2D eigenvalue weighted by Gasteiger charge is -2.14. The lowest BCUT2D eigenvalue weighted by molar-refractivity contribution is 0.416. The molecule has 30 heavy (non-hydrogen) atoms. The van der Waals surface area contributed by atoms with E-state index in [4.69, 9.17) is 15.5 Å². The molecule has 6 heteroatoms. The van der Waals surface area contributed by atoms with E-state index in [1.165, 1.54) is 11.3 Å². The fourth-order valence-corrected chi connectivity index (χ4v) is 4.63. The highest BCUT2D eigenvalue weighted by Crippen LogP contribution is 2.40. The molecule has 0 bridgehead atoms. The zero-order valence-corrected chi connectivity index (χ0v) is 17.3. The van der Waals surface area contributed by atoms with Crippen molar-refractivity contribution in [2.45, 2.75) is 18.9 Å². The molecule has 0 amide bonds. The first-order chi connectivity index (χ1) is 14.7. The Morgan fingerprint density at radius 3 is 2.53 bits per heavy atom. The zero-order valence-electron chi connectivity index (χ0n) is 16.5. The summed E-state index contributed by atoms with van der Waals surface area (Å²) in [5.41, 5.74) is 9.75. The van der Waals surface area contributed by atoms with Crippen LogP contribution in [0.4, 0.5) is 10.7 Å². The number of pyridine rings is 1. The van der Waals surface area contributed by atoms with Crippen molar-refractivity contribution in [1.29, 1.82) is 0 Å². The van der Waals surface area contributed by atoms with Crippen molar-refractivity contribution in [3.8, 4) is 28.1 Å². The molecular weight excluding hydrogens is 394 g/mol.